The molecule has 0 aromatic rings. The molecule has 60 valence electrons. The molecule has 0 atom stereocenters. The van der Waals surface area contributed by atoms with Crippen LogP contribution >= 0.6 is 11.6 Å². The van der Waals surface area contributed by atoms with E-state index in [1.54, 1.807) is 0 Å². The van der Waals surface area contributed by atoms with Gasteiger partial charge in [-0.25, -0.2) is 0 Å². The number of halogens is 1. The first-order valence-corrected chi connectivity index (χ1v) is 2.79. The quantitative estimate of drug-likeness (QED) is 0.500. The van der Waals surface area contributed by atoms with Crippen molar-refractivity contribution in [2.45, 2.75) is 12.8 Å². The van der Waals surface area contributed by atoms with Gasteiger partial charge in [-0.2, -0.15) is 0 Å². The van der Waals surface area contributed by atoms with Crippen LogP contribution in [-0.2, 0) is 14.3 Å². The summed E-state index contributed by atoms with van der Waals surface area (Å²) >= 11 is 4.93. The number of esters is 1. The summed E-state index contributed by atoms with van der Waals surface area (Å²) in [6, 6.07) is 0. The molecule has 4 nitrogen and oxygen atoms in total. The van der Waals surface area contributed by atoms with E-state index >= 15 is 0 Å². The minimum Gasteiger partial charge on any atom is -0.469 e. The molecule has 0 fully saturated rings. The van der Waals surface area contributed by atoms with Crippen LogP contribution in [0.1, 0.15) is 12.8 Å². The average molecular weight is 168 g/mol. The molecular weight excluding hydrogens is 158 g/mol. The molecular formula is C5H10ClNO3. The molecule has 0 saturated carbocycles. The number of ether oxygens (including phenoxy) is 1. The molecule has 10 heavy (non-hydrogen) atoms. The van der Waals surface area contributed by atoms with E-state index in [2.05, 4.69) is 4.74 Å². The van der Waals surface area contributed by atoms with Gasteiger partial charge in [-0.05, 0) is 11.6 Å². The van der Waals surface area contributed by atoms with Crippen molar-refractivity contribution in [3.63, 3.8) is 0 Å². The van der Waals surface area contributed by atoms with Crippen LogP contribution in [0.25, 0.3) is 0 Å². The fraction of sp³-hybridized carbons (Fsp3) is 0.600. The molecule has 5 heteroatoms. The fourth-order valence-corrected chi connectivity index (χ4v) is 0.397. The van der Waals surface area contributed by atoms with Gasteiger partial charge in [0.25, 0.3) is 0 Å². The second kappa shape index (κ2) is 6.51. The maximum Gasteiger partial charge on any atom is 0.305 e. The normalized spacial score (nSPS) is 7.80. The van der Waals surface area contributed by atoms with E-state index in [4.69, 9.17) is 11.6 Å². The Labute approximate surface area is 64.1 Å². The number of carbonyl (C=O) groups is 2. The SMILES string of the molecule is COC(=O)CCC(=O)Cl.N. The van der Waals surface area contributed by atoms with E-state index < -0.39 is 11.2 Å². The Hall–Kier alpha value is -0.610. The summed E-state index contributed by atoms with van der Waals surface area (Å²) < 4.78 is 4.25. The van der Waals surface area contributed by atoms with E-state index in [1.165, 1.54) is 7.11 Å². The lowest BCUT2D eigenvalue weighted by Gasteiger charge is -1.92. The van der Waals surface area contributed by atoms with Crippen LogP contribution in [0, 0.1) is 0 Å². The van der Waals surface area contributed by atoms with Gasteiger partial charge in [0.15, 0.2) is 0 Å². The number of rotatable bonds is 3. The summed E-state index contributed by atoms with van der Waals surface area (Å²) in [5.74, 6) is -0.413. The second-order valence-electron chi connectivity index (χ2n) is 1.43. The van der Waals surface area contributed by atoms with Gasteiger partial charge >= 0.3 is 5.97 Å². The van der Waals surface area contributed by atoms with Crippen LogP contribution in [0.5, 0.6) is 0 Å². The van der Waals surface area contributed by atoms with Crippen molar-refractivity contribution in [1.82, 2.24) is 6.15 Å². The van der Waals surface area contributed by atoms with Gasteiger partial charge in [0.1, 0.15) is 0 Å². The summed E-state index contributed by atoms with van der Waals surface area (Å²) in [6.07, 6.45) is 0.118. The Kier molecular flexibility index (Phi) is 7.88. The van der Waals surface area contributed by atoms with E-state index in [1.807, 2.05) is 0 Å². The molecule has 0 heterocycles. The van der Waals surface area contributed by atoms with Gasteiger partial charge in [0.2, 0.25) is 5.24 Å². The largest absolute Gasteiger partial charge is 0.469 e. The molecule has 0 spiro atoms. The van der Waals surface area contributed by atoms with Crippen LogP contribution in [-0.4, -0.2) is 18.3 Å². The minimum absolute atomic E-state index is 0. The molecule has 0 aliphatic rings. The van der Waals surface area contributed by atoms with Gasteiger partial charge in [-0.15, -0.1) is 0 Å². The zero-order chi connectivity index (χ0) is 7.28. The molecule has 3 N–H and O–H groups in total. The Balaban J connectivity index is 0. The maximum atomic E-state index is 10.3. The van der Waals surface area contributed by atoms with Gasteiger partial charge in [0, 0.05) is 6.42 Å². The molecule has 0 amide bonds. The lowest BCUT2D eigenvalue weighted by molar-refractivity contribution is -0.141. The van der Waals surface area contributed by atoms with Crippen molar-refractivity contribution in [2.75, 3.05) is 7.11 Å². The Bertz CT molecular complexity index is 126. The van der Waals surface area contributed by atoms with Crippen molar-refractivity contribution < 1.29 is 14.3 Å². The van der Waals surface area contributed by atoms with E-state index in [0.29, 0.717) is 0 Å². The zero-order valence-electron chi connectivity index (χ0n) is 5.72. The third-order valence-electron chi connectivity index (χ3n) is 0.753. The summed E-state index contributed by atoms with van der Waals surface area (Å²) in [5, 5.41) is -0.514. The highest BCUT2D eigenvalue weighted by Crippen LogP contribution is 1.95. The smallest absolute Gasteiger partial charge is 0.305 e. The molecule has 0 unspecified atom stereocenters. The van der Waals surface area contributed by atoms with E-state index in [-0.39, 0.29) is 19.0 Å². The van der Waals surface area contributed by atoms with Gasteiger partial charge in [-0.1, -0.05) is 0 Å². The number of hydrogen-bond acceptors (Lipinski definition) is 4. The highest BCUT2D eigenvalue weighted by atomic mass is 35.5. The molecule has 0 aromatic heterocycles. The zero-order valence-corrected chi connectivity index (χ0v) is 6.48. The van der Waals surface area contributed by atoms with Crippen LogP contribution < -0.4 is 6.15 Å². The average Bonchev–Trinajstić information content (AvgIpc) is 1.83. The first-order valence-electron chi connectivity index (χ1n) is 2.42. The van der Waals surface area contributed by atoms with Crippen molar-refractivity contribution in [3.8, 4) is 0 Å². The monoisotopic (exact) mass is 167 g/mol. The first kappa shape index (κ1) is 12.1. The molecule has 0 rings (SSSR count). The molecule has 0 aliphatic carbocycles. The minimum atomic E-state index is -0.514. The molecule has 0 aliphatic heterocycles. The highest BCUT2D eigenvalue weighted by Gasteiger charge is 2.02. The fourth-order valence-electron chi connectivity index (χ4n) is 0.302. The molecule has 0 bridgehead atoms. The van der Waals surface area contributed by atoms with Gasteiger partial charge in [-0.3, -0.25) is 9.59 Å². The third-order valence-corrected chi connectivity index (χ3v) is 0.942. The van der Waals surface area contributed by atoms with Gasteiger partial charge in [0.05, 0.1) is 13.5 Å². The Morgan fingerprint density at radius 1 is 1.40 bits per heavy atom. The Morgan fingerprint density at radius 2 is 1.90 bits per heavy atom. The standard InChI is InChI=1S/C5H7ClO3.H3N/c1-9-5(8)3-2-4(6)7;/h2-3H2,1H3;1H3. The summed E-state index contributed by atoms with van der Waals surface area (Å²) in [7, 11) is 1.26. The predicted molar refractivity (Wildman–Crippen MR) is 37.1 cm³/mol. The lowest BCUT2D eigenvalue weighted by Crippen LogP contribution is -2.01. The van der Waals surface area contributed by atoms with Crippen molar-refractivity contribution >= 4 is 22.8 Å². The van der Waals surface area contributed by atoms with Crippen molar-refractivity contribution in [1.29, 1.82) is 0 Å². The number of carbonyl (C=O) groups excluding carboxylic acids is 2. The van der Waals surface area contributed by atoms with Crippen molar-refractivity contribution in [2.24, 2.45) is 0 Å². The summed E-state index contributed by atoms with van der Waals surface area (Å²) in [5.41, 5.74) is 0. The van der Waals surface area contributed by atoms with Crippen molar-refractivity contribution in [3.05, 3.63) is 0 Å². The maximum absolute atomic E-state index is 10.3. The summed E-state index contributed by atoms with van der Waals surface area (Å²) in [4.78, 5) is 20.3. The molecule has 0 aromatic carbocycles. The van der Waals surface area contributed by atoms with E-state index in [9.17, 15) is 9.59 Å². The highest BCUT2D eigenvalue weighted by molar-refractivity contribution is 6.63. The predicted octanol–water partition coefficient (Wildman–Crippen LogP) is 0.867. The van der Waals surface area contributed by atoms with E-state index in [0.717, 1.165) is 0 Å². The lowest BCUT2D eigenvalue weighted by atomic mass is 10.3. The van der Waals surface area contributed by atoms with Crippen LogP contribution in [0.4, 0.5) is 0 Å². The second-order valence-corrected chi connectivity index (χ2v) is 1.85. The first-order chi connectivity index (χ1) is 4.16. The summed E-state index contributed by atoms with van der Waals surface area (Å²) in [6.45, 7) is 0. The van der Waals surface area contributed by atoms with Crippen LogP contribution in [0.15, 0.2) is 0 Å². The topological polar surface area (TPSA) is 78.4 Å². The Morgan fingerprint density at radius 3 is 2.20 bits per heavy atom. The van der Waals surface area contributed by atoms with Crippen LogP contribution in [0.2, 0.25) is 0 Å². The van der Waals surface area contributed by atoms with Crippen LogP contribution in [0.3, 0.4) is 0 Å². The number of methoxy groups -OCH3 is 1. The molecule has 0 saturated heterocycles. The number of hydrogen-bond donors (Lipinski definition) is 1. The third kappa shape index (κ3) is 7.39. The van der Waals surface area contributed by atoms with Gasteiger partial charge < -0.3 is 10.9 Å². The molecule has 0 radical (unpaired) electrons.